The summed E-state index contributed by atoms with van der Waals surface area (Å²) in [6, 6.07) is 25.3. The third-order valence-electron chi connectivity index (χ3n) is 6.85. The quantitative estimate of drug-likeness (QED) is 0.512. The number of benzene rings is 3. The minimum atomic E-state index is -1.10. The number of para-hydroxylation sites is 1. The number of amides is 2. The van der Waals surface area contributed by atoms with Crippen LogP contribution >= 0.6 is 11.8 Å². The first-order valence-corrected chi connectivity index (χ1v) is 13.1. The summed E-state index contributed by atoms with van der Waals surface area (Å²) in [5.74, 6) is 0.811. The Labute approximate surface area is 214 Å². The molecule has 2 amide bonds. The second kappa shape index (κ2) is 9.61. The molecule has 0 aromatic heterocycles. The summed E-state index contributed by atoms with van der Waals surface area (Å²) in [5, 5.41) is 0. The molecule has 0 saturated carbocycles. The number of hydrogen-bond acceptors (Lipinski definition) is 6. The Kier molecular flexibility index (Phi) is 6.17. The van der Waals surface area contributed by atoms with Gasteiger partial charge in [0.1, 0.15) is 12.4 Å². The maximum Gasteiger partial charge on any atom is 0.269 e. The Hall–Kier alpha value is -3.33. The van der Waals surface area contributed by atoms with Crippen molar-refractivity contribution in [2.24, 2.45) is 0 Å². The molecule has 0 radical (unpaired) electrons. The molecule has 1 atom stereocenters. The third-order valence-corrected chi connectivity index (χ3v) is 8.24. The molecule has 2 fully saturated rings. The van der Waals surface area contributed by atoms with E-state index in [0.29, 0.717) is 37.9 Å². The van der Waals surface area contributed by atoms with Crippen LogP contribution in [0.15, 0.2) is 78.9 Å². The molecule has 3 aromatic rings. The van der Waals surface area contributed by atoms with E-state index in [2.05, 4.69) is 4.90 Å². The number of ether oxygens (including phenoxy) is 2. The second-order valence-corrected chi connectivity index (χ2v) is 10.2. The van der Waals surface area contributed by atoms with Crippen LogP contribution < -0.4 is 14.5 Å². The number of carbonyl (C=O) groups is 2. The highest BCUT2D eigenvalue weighted by molar-refractivity contribution is 8.02. The minimum absolute atomic E-state index is 0.0737. The van der Waals surface area contributed by atoms with E-state index in [0.717, 1.165) is 29.9 Å². The van der Waals surface area contributed by atoms with Crippen molar-refractivity contribution < 1.29 is 19.1 Å². The summed E-state index contributed by atoms with van der Waals surface area (Å²) >= 11 is 1.40. The Morgan fingerprint density at radius 3 is 2.39 bits per heavy atom. The highest BCUT2D eigenvalue weighted by atomic mass is 32.2. The maximum absolute atomic E-state index is 14.1. The maximum atomic E-state index is 14.1. The molecule has 0 bridgehead atoms. The molecule has 1 spiro atoms. The van der Waals surface area contributed by atoms with Crippen LogP contribution in [-0.4, -0.2) is 55.4 Å². The molecule has 3 aromatic carbocycles. The molecule has 3 aliphatic heterocycles. The zero-order valence-electron chi connectivity index (χ0n) is 19.8. The Morgan fingerprint density at radius 1 is 0.889 bits per heavy atom. The number of nitrogens with zero attached hydrogens (tertiary/aromatic N) is 3. The van der Waals surface area contributed by atoms with E-state index in [1.165, 1.54) is 11.8 Å². The topological polar surface area (TPSA) is 62.3 Å². The van der Waals surface area contributed by atoms with Crippen LogP contribution in [0, 0.1) is 0 Å². The highest BCUT2D eigenvalue weighted by Gasteiger charge is 2.61. The summed E-state index contributed by atoms with van der Waals surface area (Å²) < 4.78 is 11.4. The number of rotatable bonds is 6. The second-order valence-electron chi connectivity index (χ2n) is 9.05. The molecular formula is C28H27N3O4S. The van der Waals surface area contributed by atoms with Gasteiger partial charge in [-0.3, -0.25) is 24.3 Å². The smallest absolute Gasteiger partial charge is 0.269 e. The van der Waals surface area contributed by atoms with Gasteiger partial charge in [-0.05, 0) is 35.9 Å². The van der Waals surface area contributed by atoms with Crippen LogP contribution in [0.4, 0.5) is 11.4 Å². The normalized spacial score (nSPS) is 21.9. The molecule has 0 unspecified atom stereocenters. The van der Waals surface area contributed by atoms with Gasteiger partial charge in [-0.1, -0.05) is 48.5 Å². The Balaban J connectivity index is 1.29. The summed E-state index contributed by atoms with van der Waals surface area (Å²) in [4.78, 5) is 32.0. The zero-order chi connectivity index (χ0) is 24.5. The standard InChI is InChI=1S/C28H27N3O4S/c32-26-19-36-28(31(26)22-10-12-23(13-11-22)35-18-21-6-2-1-3-7-21)24-8-4-5-9-25(24)30(27(28)33)20-29-14-16-34-17-15-29/h1-13H,14-20H2/t28-/m1/s1. The summed E-state index contributed by atoms with van der Waals surface area (Å²) in [6.07, 6.45) is 0. The first-order valence-electron chi connectivity index (χ1n) is 12.1. The van der Waals surface area contributed by atoms with Crippen LogP contribution in [0.3, 0.4) is 0 Å². The van der Waals surface area contributed by atoms with Crippen molar-refractivity contribution >= 4 is 35.0 Å². The molecule has 8 heteroatoms. The number of anilines is 2. The van der Waals surface area contributed by atoms with Gasteiger partial charge in [0, 0.05) is 24.3 Å². The van der Waals surface area contributed by atoms with Crippen LogP contribution in [-0.2, 0) is 25.8 Å². The molecule has 3 heterocycles. The van der Waals surface area contributed by atoms with E-state index in [4.69, 9.17) is 9.47 Å². The van der Waals surface area contributed by atoms with Crippen LogP contribution in [0.5, 0.6) is 5.75 Å². The molecule has 6 rings (SSSR count). The average Bonchev–Trinajstić information content (AvgIpc) is 3.39. The highest BCUT2D eigenvalue weighted by Crippen LogP contribution is 2.55. The van der Waals surface area contributed by atoms with Crippen molar-refractivity contribution in [3.63, 3.8) is 0 Å². The fourth-order valence-electron chi connectivity index (χ4n) is 5.07. The van der Waals surface area contributed by atoms with Gasteiger partial charge in [-0.15, -0.1) is 11.8 Å². The van der Waals surface area contributed by atoms with E-state index < -0.39 is 4.87 Å². The first-order chi connectivity index (χ1) is 17.7. The number of morpholine rings is 1. The van der Waals surface area contributed by atoms with Crippen LogP contribution in [0.2, 0.25) is 0 Å². The third kappa shape index (κ3) is 3.95. The Morgan fingerprint density at radius 2 is 1.61 bits per heavy atom. The number of hydrogen-bond donors (Lipinski definition) is 0. The van der Waals surface area contributed by atoms with Gasteiger partial charge in [-0.2, -0.15) is 0 Å². The monoisotopic (exact) mass is 501 g/mol. The molecule has 2 saturated heterocycles. The van der Waals surface area contributed by atoms with Crippen molar-refractivity contribution in [3.05, 3.63) is 90.0 Å². The van der Waals surface area contributed by atoms with Gasteiger partial charge in [0.05, 0.1) is 31.3 Å². The SMILES string of the molecule is O=C1CS[C@]2(C(=O)N(CN3CCOCC3)c3ccccc32)N1c1ccc(OCc2ccccc2)cc1. The predicted octanol–water partition coefficient (Wildman–Crippen LogP) is 3.83. The van der Waals surface area contributed by atoms with E-state index in [-0.39, 0.29) is 17.6 Å². The van der Waals surface area contributed by atoms with Crippen molar-refractivity contribution in [2.45, 2.75) is 11.5 Å². The van der Waals surface area contributed by atoms with Crippen molar-refractivity contribution in [1.29, 1.82) is 0 Å². The molecule has 184 valence electrons. The number of thioether (sulfide) groups is 1. The summed E-state index contributed by atoms with van der Waals surface area (Å²) in [6.45, 7) is 3.82. The number of fused-ring (bicyclic) bond motifs is 2. The summed E-state index contributed by atoms with van der Waals surface area (Å²) in [7, 11) is 0. The van der Waals surface area contributed by atoms with Crippen molar-refractivity contribution in [1.82, 2.24) is 4.90 Å². The van der Waals surface area contributed by atoms with E-state index in [1.54, 1.807) is 4.90 Å². The minimum Gasteiger partial charge on any atom is -0.489 e. The molecule has 0 aliphatic carbocycles. The zero-order valence-corrected chi connectivity index (χ0v) is 20.7. The van der Waals surface area contributed by atoms with Gasteiger partial charge >= 0.3 is 0 Å². The average molecular weight is 502 g/mol. The van der Waals surface area contributed by atoms with Gasteiger partial charge in [0.2, 0.25) is 10.8 Å². The van der Waals surface area contributed by atoms with E-state index in [9.17, 15) is 9.59 Å². The van der Waals surface area contributed by atoms with Gasteiger partial charge < -0.3 is 9.47 Å². The lowest BCUT2D eigenvalue weighted by Crippen LogP contribution is -2.52. The molecule has 7 nitrogen and oxygen atoms in total. The molecular weight excluding hydrogens is 474 g/mol. The van der Waals surface area contributed by atoms with Gasteiger partial charge in [0.15, 0.2) is 0 Å². The van der Waals surface area contributed by atoms with Crippen LogP contribution in [0.1, 0.15) is 11.1 Å². The first kappa shape index (κ1) is 23.1. The van der Waals surface area contributed by atoms with E-state index >= 15 is 0 Å². The fraction of sp³-hybridized carbons (Fsp3) is 0.286. The van der Waals surface area contributed by atoms with E-state index in [1.807, 2.05) is 83.8 Å². The molecule has 0 N–H and O–H groups in total. The van der Waals surface area contributed by atoms with Crippen LogP contribution in [0.25, 0.3) is 0 Å². The Bertz CT molecular complexity index is 1260. The number of carbonyl (C=O) groups excluding carboxylic acids is 2. The molecule has 36 heavy (non-hydrogen) atoms. The van der Waals surface area contributed by atoms with Crippen molar-refractivity contribution in [3.8, 4) is 5.75 Å². The fourth-order valence-corrected chi connectivity index (χ4v) is 6.43. The van der Waals surface area contributed by atoms with Gasteiger partial charge in [0.25, 0.3) is 5.91 Å². The summed E-state index contributed by atoms with van der Waals surface area (Å²) in [5.41, 5.74) is 3.50. The lowest BCUT2D eigenvalue weighted by Gasteiger charge is -2.35. The lowest BCUT2D eigenvalue weighted by molar-refractivity contribution is -0.124. The van der Waals surface area contributed by atoms with Crippen molar-refractivity contribution in [2.75, 3.05) is 48.5 Å². The van der Waals surface area contributed by atoms with Gasteiger partial charge in [-0.25, -0.2) is 0 Å². The largest absolute Gasteiger partial charge is 0.489 e. The predicted molar refractivity (Wildman–Crippen MR) is 140 cm³/mol. The lowest BCUT2D eigenvalue weighted by atomic mass is 10.0. The molecule has 3 aliphatic rings.